The summed E-state index contributed by atoms with van der Waals surface area (Å²) in [6, 6.07) is 17.7. The highest BCUT2D eigenvalue weighted by atomic mass is 16.5. The maximum atomic E-state index is 13.8. The lowest BCUT2D eigenvalue weighted by molar-refractivity contribution is -0.134. The van der Waals surface area contributed by atoms with Crippen LogP contribution in [0.15, 0.2) is 71.3 Å². The third-order valence-corrected chi connectivity index (χ3v) is 6.26. The average Bonchev–Trinajstić information content (AvgIpc) is 3.48. The molecule has 0 spiro atoms. The van der Waals surface area contributed by atoms with E-state index in [0.29, 0.717) is 22.8 Å². The van der Waals surface area contributed by atoms with Crippen molar-refractivity contribution in [3.05, 3.63) is 83.8 Å². The Balaban J connectivity index is 1.57. The first kappa shape index (κ1) is 20.8. The molecule has 0 radical (unpaired) electrons. The van der Waals surface area contributed by atoms with Crippen LogP contribution in [0.25, 0.3) is 0 Å². The summed E-state index contributed by atoms with van der Waals surface area (Å²) in [6.07, 6.45) is 1.85. The molecule has 2 aromatic carbocycles. The summed E-state index contributed by atoms with van der Waals surface area (Å²) in [5.41, 5.74) is 0.137. The summed E-state index contributed by atoms with van der Waals surface area (Å²) in [5, 5.41) is 2.95. The first-order chi connectivity index (χ1) is 16.1. The molecule has 0 unspecified atom stereocenters. The van der Waals surface area contributed by atoms with Crippen molar-refractivity contribution in [1.29, 1.82) is 0 Å². The van der Waals surface area contributed by atoms with Crippen molar-refractivity contribution in [2.45, 2.75) is 31.6 Å². The number of hydrogen-bond acceptors (Lipinski definition) is 5. The smallest absolute Gasteiger partial charge is 0.267 e. The zero-order chi connectivity index (χ0) is 23.0. The number of nitrogens with zero attached hydrogens (tertiary/aromatic N) is 2. The number of benzene rings is 2. The number of hydrogen-bond donors (Lipinski definition) is 1. The molecule has 1 aromatic heterocycles. The molecule has 1 saturated heterocycles. The van der Waals surface area contributed by atoms with Crippen LogP contribution in [0.4, 0.5) is 5.69 Å². The van der Waals surface area contributed by atoms with E-state index < -0.39 is 11.6 Å². The molecule has 33 heavy (non-hydrogen) atoms. The summed E-state index contributed by atoms with van der Waals surface area (Å²) in [7, 11) is 1.57. The normalized spacial score (nSPS) is 19.3. The predicted octanol–water partition coefficient (Wildman–Crippen LogP) is 3.08. The van der Waals surface area contributed by atoms with Gasteiger partial charge in [-0.25, -0.2) is 0 Å². The highest BCUT2D eigenvalue weighted by Gasteiger charge is 2.60. The van der Waals surface area contributed by atoms with Gasteiger partial charge in [-0.2, -0.15) is 0 Å². The highest BCUT2D eigenvalue weighted by Crippen LogP contribution is 2.45. The molecule has 8 heteroatoms. The van der Waals surface area contributed by atoms with Crippen molar-refractivity contribution in [2.75, 3.05) is 12.0 Å². The molecule has 8 nitrogen and oxygen atoms in total. The Hall–Kier alpha value is -4.07. The van der Waals surface area contributed by atoms with Crippen LogP contribution in [0.3, 0.4) is 0 Å². The molecule has 0 saturated carbocycles. The fraction of sp³-hybridized carbons (Fsp3) is 0.240. The Morgan fingerprint density at radius 2 is 1.88 bits per heavy atom. The van der Waals surface area contributed by atoms with Crippen molar-refractivity contribution in [3.63, 3.8) is 0 Å². The number of furan rings is 1. The molecule has 5 rings (SSSR count). The first-order valence-corrected chi connectivity index (χ1v) is 10.7. The monoisotopic (exact) mass is 445 g/mol. The van der Waals surface area contributed by atoms with E-state index in [2.05, 4.69) is 5.32 Å². The molecular weight excluding hydrogens is 422 g/mol. The summed E-state index contributed by atoms with van der Waals surface area (Å²) < 4.78 is 10.9. The predicted molar refractivity (Wildman–Crippen MR) is 119 cm³/mol. The SMILES string of the molecule is COc1ccccc1CNC(=O)[C@]12CCC(=O)N1c1ccccc1C(=O)N2Cc1ccco1. The largest absolute Gasteiger partial charge is 0.496 e. The number of methoxy groups -OCH3 is 1. The van der Waals surface area contributed by atoms with Crippen molar-refractivity contribution < 1.29 is 23.5 Å². The van der Waals surface area contributed by atoms with Crippen LogP contribution in [0.5, 0.6) is 5.75 Å². The Kier molecular flexibility index (Phi) is 5.12. The van der Waals surface area contributed by atoms with E-state index in [1.54, 1.807) is 43.5 Å². The fourth-order valence-corrected chi connectivity index (χ4v) is 4.73. The van der Waals surface area contributed by atoms with Crippen LogP contribution in [0.1, 0.15) is 34.5 Å². The van der Waals surface area contributed by atoms with Crippen LogP contribution >= 0.6 is 0 Å². The number of para-hydroxylation sites is 2. The van der Waals surface area contributed by atoms with Crippen molar-refractivity contribution in [1.82, 2.24) is 10.2 Å². The van der Waals surface area contributed by atoms with Crippen molar-refractivity contribution in [2.24, 2.45) is 0 Å². The molecule has 0 bridgehead atoms. The maximum absolute atomic E-state index is 13.8. The van der Waals surface area contributed by atoms with Gasteiger partial charge in [-0.15, -0.1) is 0 Å². The Morgan fingerprint density at radius 1 is 1.09 bits per heavy atom. The van der Waals surface area contributed by atoms with E-state index in [1.807, 2.05) is 24.3 Å². The number of carbonyl (C=O) groups is 3. The summed E-state index contributed by atoms with van der Waals surface area (Å²) in [6.45, 7) is 0.253. The minimum absolute atomic E-state index is 0.0615. The van der Waals surface area contributed by atoms with E-state index in [0.717, 1.165) is 5.56 Å². The van der Waals surface area contributed by atoms with E-state index in [1.165, 1.54) is 16.1 Å². The first-order valence-electron chi connectivity index (χ1n) is 10.7. The van der Waals surface area contributed by atoms with Gasteiger partial charge in [0.15, 0.2) is 0 Å². The Morgan fingerprint density at radius 3 is 2.67 bits per heavy atom. The van der Waals surface area contributed by atoms with Gasteiger partial charge in [0.25, 0.3) is 11.8 Å². The number of nitrogens with one attached hydrogen (secondary N) is 1. The molecule has 3 amide bonds. The van der Waals surface area contributed by atoms with Gasteiger partial charge in [-0.3, -0.25) is 24.2 Å². The van der Waals surface area contributed by atoms with Crippen molar-refractivity contribution in [3.8, 4) is 5.75 Å². The van der Waals surface area contributed by atoms with Gasteiger partial charge in [-0.05, 0) is 30.3 Å². The number of anilines is 1. The maximum Gasteiger partial charge on any atom is 0.267 e. The van der Waals surface area contributed by atoms with Crippen LogP contribution in [-0.2, 0) is 22.7 Å². The quantitative estimate of drug-likeness (QED) is 0.630. The molecule has 2 aliphatic rings. The van der Waals surface area contributed by atoms with E-state index in [9.17, 15) is 14.4 Å². The lowest BCUT2D eigenvalue weighted by Crippen LogP contribution is -2.70. The molecular formula is C25H23N3O5. The summed E-state index contributed by atoms with van der Waals surface area (Å²) in [4.78, 5) is 43.5. The van der Waals surface area contributed by atoms with Gasteiger partial charge < -0.3 is 14.5 Å². The standard InChI is InChI=1S/C25H23N3O5/c1-32-21-11-5-2-7-17(21)15-26-24(31)25-13-12-22(29)28(25)20-10-4-3-9-19(20)23(30)27(25)16-18-8-6-14-33-18/h2-11,14H,12-13,15-16H2,1H3,(H,26,31)/t25-/m0/s1. The second kappa shape index (κ2) is 8.12. The molecule has 3 aromatic rings. The second-order valence-electron chi connectivity index (χ2n) is 8.03. The van der Waals surface area contributed by atoms with E-state index in [4.69, 9.17) is 9.15 Å². The van der Waals surface area contributed by atoms with Gasteiger partial charge in [-0.1, -0.05) is 30.3 Å². The summed E-state index contributed by atoms with van der Waals surface area (Å²) in [5.74, 6) is 0.229. The molecule has 0 aliphatic carbocycles. The third-order valence-electron chi connectivity index (χ3n) is 6.26. The van der Waals surface area contributed by atoms with Gasteiger partial charge >= 0.3 is 0 Å². The van der Waals surface area contributed by atoms with Crippen LogP contribution in [0.2, 0.25) is 0 Å². The van der Waals surface area contributed by atoms with Crippen molar-refractivity contribution >= 4 is 23.4 Å². The molecule has 2 aliphatic heterocycles. The van der Waals surface area contributed by atoms with Crippen LogP contribution in [-0.4, -0.2) is 35.4 Å². The Labute approximate surface area is 190 Å². The van der Waals surface area contributed by atoms with Crippen LogP contribution in [0, 0.1) is 0 Å². The average molecular weight is 445 g/mol. The lowest BCUT2D eigenvalue weighted by Gasteiger charge is -2.48. The van der Waals surface area contributed by atoms with Gasteiger partial charge in [0.1, 0.15) is 11.5 Å². The molecule has 1 fully saturated rings. The minimum atomic E-state index is -1.49. The van der Waals surface area contributed by atoms with Gasteiger partial charge in [0, 0.05) is 24.9 Å². The van der Waals surface area contributed by atoms with Crippen LogP contribution < -0.4 is 15.0 Å². The summed E-state index contributed by atoms with van der Waals surface area (Å²) >= 11 is 0. The number of fused-ring (bicyclic) bond motifs is 3. The Bertz CT molecular complexity index is 1220. The highest BCUT2D eigenvalue weighted by molar-refractivity contribution is 6.16. The number of ether oxygens (including phenoxy) is 1. The zero-order valence-corrected chi connectivity index (χ0v) is 18.1. The molecule has 168 valence electrons. The number of amides is 3. The fourth-order valence-electron chi connectivity index (χ4n) is 4.73. The van der Waals surface area contributed by atoms with E-state index >= 15 is 0 Å². The molecule has 1 atom stereocenters. The third kappa shape index (κ3) is 3.26. The van der Waals surface area contributed by atoms with Gasteiger partial charge in [0.05, 0.1) is 31.2 Å². The second-order valence-corrected chi connectivity index (χ2v) is 8.03. The zero-order valence-electron chi connectivity index (χ0n) is 18.1. The molecule has 1 N–H and O–H groups in total. The van der Waals surface area contributed by atoms with E-state index in [-0.39, 0.29) is 37.7 Å². The topological polar surface area (TPSA) is 92.1 Å². The minimum Gasteiger partial charge on any atom is -0.496 e. The number of carbonyl (C=O) groups excluding carboxylic acids is 3. The molecule has 3 heterocycles. The number of rotatable bonds is 6. The van der Waals surface area contributed by atoms with Gasteiger partial charge in [0.2, 0.25) is 11.6 Å². The lowest BCUT2D eigenvalue weighted by atomic mass is 9.95.